The molecule has 1 unspecified atom stereocenters. The van der Waals surface area contributed by atoms with E-state index in [0.717, 1.165) is 17.8 Å². The molecule has 0 aliphatic heterocycles. The van der Waals surface area contributed by atoms with E-state index in [2.05, 4.69) is 10.3 Å². The van der Waals surface area contributed by atoms with Crippen LogP contribution in [0.3, 0.4) is 0 Å². The zero-order valence-corrected chi connectivity index (χ0v) is 10.9. The van der Waals surface area contributed by atoms with Gasteiger partial charge >= 0.3 is 0 Å². The Morgan fingerprint density at radius 2 is 1.76 bits per heavy atom. The van der Waals surface area contributed by atoms with Gasteiger partial charge in [0.25, 0.3) is 0 Å². The number of nitrogens with zero attached hydrogens (tertiary/aromatic N) is 3. The molecule has 0 aliphatic rings. The first-order valence-corrected chi connectivity index (χ1v) is 6.33. The van der Waals surface area contributed by atoms with Crippen LogP contribution in [0.2, 0.25) is 0 Å². The number of halogens is 2. The van der Waals surface area contributed by atoms with E-state index >= 15 is 0 Å². The van der Waals surface area contributed by atoms with Gasteiger partial charge in [0.1, 0.15) is 0 Å². The van der Waals surface area contributed by atoms with Crippen LogP contribution in [0, 0.1) is 11.6 Å². The number of hydrogen-bond acceptors (Lipinski definition) is 3. The molecule has 0 saturated heterocycles. The summed E-state index contributed by atoms with van der Waals surface area (Å²) in [7, 11) is 0. The van der Waals surface area contributed by atoms with Crippen LogP contribution in [0.1, 0.15) is 17.3 Å². The van der Waals surface area contributed by atoms with Gasteiger partial charge in [-0.05, 0) is 29.8 Å². The lowest BCUT2D eigenvalue weighted by Gasteiger charge is -2.14. The van der Waals surface area contributed by atoms with E-state index in [1.807, 2.05) is 30.3 Å². The topological polar surface area (TPSA) is 56.7 Å². The maximum atomic E-state index is 13.3. The van der Waals surface area contributed by atoms with Crippen LogP contribution < -0.4 is 5.73 Å². The average molecular weight is 286 g/mol. The number of nitrogens with two attached hydrogens (primary N) is 1. The van der Waals surface area contributed by atoms with Gasteiger partial charge in [-0.15, -0.1) is 5.10 Å². The summed E-state index contributed by atoms with van der Waals surface area (Å²) >= 11 is 0. The average Bonchev–Trinajstić information content (AvgIpc) is 2.99. The molecule has 2 N–H and O–H groups in total. The second-order valence-electron chi connectivity index (χ2n) is 4.56. The van der Waals surface area contributed by atoms with Crippen LogP contribution in [0.15, 0.2) is 54.7 Å². The van der Waals surface area contributed by atoms with E-state index in [0.29, 0.717) is 11.3 Å². The SMILES string of the molecule is NC(c1ccc(F)c(F)c1)c1cnnn1-c1ccccc1. The van der Waals surface area contributed by atoms with Crippen molar-refractivity contribution in [1.82, 2.24) is 15.0 Å². The maximum Gasteiger partial charge on any atom is 0.159 e. The molecule has 21 heavy (non-hydrogen) atoms. The Hall–Kier alpha value is -2.60. The van der Waals surface area contributed by atoms with E-state index in [1.54, 1.807) is 4.68 Å². The van der Waals surface area contributed by atoms with E-state index in [9.17, 15) is 8.78 Å². The molecule has 2 aromatic carbocycles. The van der Waals surface area contributed by atoms with Gasteiger partial charge < -0.3 is 5.73 Å². The fourth-order valence-electron chi connectivity index (χ4n) is 2.10. The van der Waals surface area contributed by atoms with E-state index in [1.165, 1.54) is 12.3 Å². The molecule has 6 heteroatoms. The van der Waals surface area contributed by atoms with Crippen LogP contribution in [-0.2, 0) is 0 Å². The molecule has 1 atom stereocenters. The lowest BCUT2D eigenvalue weighted by molar-refractivity contribution is 0.506. The highest BCUT2D eigenvalue weighted by molar-refractivity contribution is 5.35. The zero-order valence-electron chi connectivity index (χ0n) is 10.9. The first-order chi connectivity index (χ1) is 10.2. The fourth-order valence-corrected chi connectivity index (χ4v) is 2.10. The molecule has 1 heterocycles. The molecule has 0 spiro atoms. The fraction of sp³-hybridized carbons (Fsp3) is 0.0667. The predicted molar refractivity (Wildman–Crippen MR) is 73.7 cm³/mol. The zero-order chi connectivity index (χ0) is 14.8. The molecule has 0 amide bonds. The Balaban J connectivity index is 2.01. The Labute approximate surface area is 119 Å². The van der Waals surface area contributed by atoms with Crippen LogP contribution in [-0.4, -0.2) is 15.0 Å². The summed E-state index contributed by atoms with van der Waals surface area (Å²) in [5.41, 5.74) is 7.96. The molecular formula is C15H12F2N4. The van der Waals surface area contributed by atoms with Gasteiger partial charge in [0.2, 0.25) is 0 Å². The third-order valence-corrected chi connectivity index (χ3v) is 3.20. The van der Waals surface area contributed by atoms with Crippen LogP contribution in [0.4, 0.5) is 8.78 Å². The number of aromatic nitrogens is 3. The molecule has 106 valence electrons. The van der Waals surface area contributed by atoms with Gasteiger partial charge in [0, 0.05) is 0 Å². The first kappa shape index (κ1) is 13.4. The maximum absolute atomic E-state index is 13.3. The highest BCUT2D eigenvalue weighted by Crippen LogP contribution is 2.22. The van der Waals surface area contributed by atoms with Crippen molar-refractivity contribution < 1.29 is 8.78 Å². The lowest BCUT2D eigenvalue weighted by Crippen LogP contribution is -2.17. The van der Waals surface area contributed by atoms with Crippen LogP contribution in [0.5, 0.6) is 0 Å². The monoisotopic (exact) mass is 286 g/mol. The summed E-state index contributed by atoms with van der Waals surface area (Å²) in [6, 6.07) is 12.3. The Kier molecular flexibility index (Phi) is 3.45. The van der Waals surface area contributed by atoms with Crippen molar-refractivity contribution in [2.75, 3.05) is 0 Å². The van der Waals surface area contributed by atoms with Gasteiger partial charge in [-0.3, -0.25) is 0 Å². The largest absolute Gasteiger partial charge is 0.319 e. The van der Waals surface area contributed by atoms with Gasteiger partial charge in [-0.25, -0.2) is 13.5 Å². The van der Waals surface area contributed by atoms with Gasteiger partial charge in [-0.1, -0.05) is 29.5 Å². The molecule has 0 fully saturated rings. The van der Waals surface area contributed by atoms with Crippen molar-refractivity contribution in [1.29, 1.82) is 0 Å². The molecule has 0 saturated carbocycles. The lowest BCUT2D eigenvalue weighted by atomic mass is 10.0. The van der Waals surface area contributed by atoms with Gasteiger partial charge in [0.15, 0.2) is 11.6 Å². The minimum Gasteiger partial charge on any atom is -0.319 e. The molecule has 0 aliphatic carbocycles. The van der Waals surface area contributed by atoms with Crippen molar-refractivity contribution in [2.24, 2.45) is 5.73 Å². The van der Waals surface area contributed by atoms with Gasteiger partial charge in [-0.2, -0.15) is 0 Å². The summed E-state index contributed by atoms with van der Waals surface area (Å²) in [5, 5.41) is 7.84. The molecule has 0 radical (unpaired) electrons. The highest BCUT2D eigenvalue weighted by Gasteiger charge is 2.17. The van der Waals surface area contributed by atoms with Crippen LogP contribution in [0.25, 0.3) is 5.69 Å². The van der Waals surface area contributed by atoms with Crippen LogP contribution >= 0.6 is 0 Å². The number of benzene rings is 2. The minimum atomic E-state index is -0.929. The van der Waals surface area contributed by atoms with Crippen molar-refractivity contribution in [2.45, 2.75) is 6.04 Å². The quantitative estimate of drug-likeness (QED) is 0.805. The third kappa shape index (κ3) is 2.53. The van der Waals surface area contributed by atoms with E-state index in [4.69, 9.17) is 5.73 Å². The summed E-state index contributed by atoms with van der Waals surface area (Å²) in [5.74, 6) is -1.83. The second-order valence-corrected chi connectivity index (χ2v) is 4.56. The minimum absolute atomic E-state index is 0.452. The summed E-state index contributed by atoms with van der Waals surface area (Å²) in [4.78, 5) is 0. The summed E-state index contributed by atoms with van der Waals surface area (Å²) < 4.78 is 27.9. The Bertz CT molecular complexity index is 755. The Morgan fingerprint density at radius 1 is 1.00 bits per heavy atom. The van der Waals surface area contributed by atoms with Crippen molar-refractivity contribution in [3.8, 4) is 5.69 Å². The molecule has 3 aromatic rings. The number of rotatable bonds is 3. The highest BCUT2D eigenvalue weighted by atomic mass is 19.2. The standard InChI is InChI=1S/C15H12F2N4/c16-12-7-6-10(8-13(12)17)15(18)14-9-19-20-21(14)11-4-2-1-3-5-11/h1-9,15H,18H2. The third-order valence-electron chi connectivity index (χ3n) is 3.20. The van der Waals surface area contributed by atoms with E-state index in [-0.39, 0.29) is 0 Å². The molecule has 1 aromatic heterocycles. The summed E-state index contributed by atoms with van der Waals surface area (Å²) in [6.45, 7) is 0. The van der Waals surface area contributed by atoms with Gasteiger partial charge in [0.05, 0.1) is 23.6 Å². The molecule has 3 rings (SSSR count). The summed E-state index contributed by atoms with van der Waals surface area (Å²) in [6.07, 6.45) is 1.51. The second kappa shape index (κ2) is 5.41. The normalized spacial score (nSPS) is 12.3. The van der Waals surface area contributed by atoms with Crippen molar-refractivity contribution >= 4 is 0 Å². The molecule has 0 bridgehead atoms. The first-order valence-electron chi connectivity index (χ1n) is 6.33. The van der Waals surface area contributed by atoms with E-state index < -0.39 is 17.7 Å². The van der Waals surface area contributed by atoms with Crippen molar-refractivity contribution in [3.05, 3.63) is 77.6 Å². The van der Waals surface area contributed by atoms with Crippen molar-refractivity contribution in [3.63, 3.8) is 0 Å². The smallest absolute Gasteiger partial charge is 0.159 e. The molecular weight excluding hydrogens is 274 g/mol. The molecule has 4 nitrogen and oxygen atoms in total. The Morgan fingerprint density at radius 3 is 2.48 bits per heavy atom. The number of hydrogen-bond donors (Lipinski definition) is 1. The predicted octanol–water partition coefficient (Wildman–Crippen LogP) is 2.59. The number of para-hydroxylation sites is 1.